The fraction of sp³-hybridized carbons (Fsp3) is 0.0556. The van der Waals surface area contributed by atoms with Gasteiger partial charge in [0.2, 0.25) is 5.91 Å². The maximum Gasteiger partial charge on any atom is 0.243 e. The molecule has 0 unspecified atom stereocenters. The van der Waals surface area contributed by atoms with E-state index < -0.39 is 11.6 Å². The highest BCUT2D eigenvalue weighted by Gasteiger charge is 2.07. The van der Waals surface area contributed by atoms with Crippen molar-refractivity contribution in [2.45, 2.75) is 0 Å². The van der Waals surface area contributed by atoms with Crippen molar-refractivity contribution in [1.29, 1.82) is 0 Å². The zero-order chi connectivity index (χ0) is 16.2. The van der Waals surface area contributed by atoms with Gasteiger partial charge in [0.05, 0.1) is 6.54 Å². The van der Waals surface area contributed by atoms with Crippen LogP contribution in [0.2, 0.25) is 0 Å². The second-order valence-corrected chi connectivity index (χ2v) is 5.06. The molecule has 2 N–H and O–H groups in total. The Morgan fingerprint density at radius 2 is 1.70 bits per heavy atom. The number of halogens is 2. The fourth-order valence-corrected chi connectivity index (χ4v) is 2.33. The van der Waals surface area contributed by atoms with Gasteiger partial charge in [-0.05, 0) is 23.6 Å². The van der Waals surface area contributed by atoms with Crippen molar-refractivity contribution in [1.82, 2.24) is 0 Å². The van der Waals surface area contributed by atoms with E-state index in [1.54, 1.807) is 0 Å². The lowest BCUT2D eigenvalue weighted by atomic mass is 10.1. The molecule has 0 saturated heterocycles. The van der Waals surface area contributed by atoms with Gasteiger partial charge in [0.1, 0.15) is 0 Å². The Morgan fingerprint density at radius 1 is 0.913 bits per heavy atom. The smallest absolute Gasteiger partial charge is 0.243 e. The summed E-state index contributed by atoms with van der Waals surface area (Å²) in [7, 11) is 0. The van der Waals surface area contributed by atoms with E-state index in [9.17, 15) is 13.6 Å². The number of benzene rings is 3. The first-order valence-corrected chi connectivity index (χ1v) is 7.10. The molecule has 0 fully saturated rings. The van der Waals surface area contributed by atoms with Crippen molar-refractivity contribution in [3.05, 3.63) is 72.3 Å². The topological polar surface area (TPSA) is 41.1 Å². The molecule has 0 aliphatic carbocycles. The van der Waals surface area contributed by atoms with E-state index in [1.807, 2.05) is 42.5 Å². The lowest BCUT2D eigenvalue weighted by Crippen LogP contribution is -2.21. The maximum absolute atomic E-state index is 13.1. The summed E-state index contributed by atoms with van der Waals surface area (Å²) >= 11 is 0. The van der Waals surface area contributed by atoms with Gasteiger partial charge in [-0.3, -0.25) is 4.79 Å². The molecule has 1 amide bonds. The minimum Gasteiger partial charge on any atom is -0.376 e. The summed E-state index contributed by atoms with van der Waals surface area (Å²) in [6.07, 6.45) is 0. The third kappa shape index (κ3) is 3.45. The minimum atomic E-state index is -0.996. The first-order chi connectivity index (χ1) is 11.1. The Morgan fingerprint density at radius 3 is 2.52 bits per heavy atom. The quantitative estimate of drug-likeness (QED) is 0.759. The molecule has 3 nitrogen and oxygen atoms in total. The highest BCUT2D eigenvalue weighted by molar-refractivity contribution is 5.97. The van der Waals surface area contributed by atoms with Crippen LogP contribution in [0.25, 0.3) is 10.8 Å². The van der Waals surface area contributed by atoms with E-state index in [-0.39, 0.29) is 18.1 Å². The van der Waals surface area contributed by atoms with Crippen molar-refractivity contribution in [3.63, 3.8) is 0 Å². The van der Waals surface area contributed by atoms with Gasteiger partial charge in [-0.1, -0.05) is 36.4 Å². The van der Waals surface area contributed by atoms with Gasteiger partial charge in [0.25, 0.3) is 0 Å². The van der Waals surface area contributed by atoms with E-state index in [0.29, 0.717) is 0 Å². The van der Waals surface area contributed by atoms with Crippen LogP contribution in [-0.4, -0.2) is 12.5 Å². The Kier molecular flexibility index (Phi) is 4.19. The molecule has 0 heterocycles. The van der Waals surface area contributed by atoms with Gasteiger partial charge in [-0.2, -0.15) is 0 Å². The molecule has 23 heavy (non-hydrogen) atoms. The van der Waals surface area contributed by atoms with Gasteiger partial charge >= 0.3 is 0 Å². The molecule has 116 valence electrons. The fourth-order valence-electron chi connectivity index (χ4n) is 2.33. The van der Waals surface area contributed by atoms with E-state index in [2.05, 4.69) is 10.6 Å². The first-order valence-electron chi connectivity index (χ1n) is 7.10. The van der Waals surface area contributed by atoms with Crippen LogP contribution in [0, 0.1) is 11.6 Å². The number of rotatable bonds is 4. The number of amides is 1. The normalized spacial score (nSPS) is 10.5. The van der Waals surface area contributed by atoms with E-state index in [1.165, 1.54) is 6.07 Å². The van der Waals surface area contributed by atoms with Gasteiger partial charge in [0, 0.05) is 22.8 Å². The molecule has 3 aromatic carbocycles. The number of fused-ring (bicyclic) bond motifs is 1. The summed E-state index contributed by atoms with van der Waals surface area (Å²) in [6.45, 7) is 0.0208. The zero-order valence-electron chi connectivity index (χ0n) is 12.1. The van der Waals surface area contributed by atoms with Crippen molar-refractivity contribution < 1.29 is 13.6 Å². The molecule has 0 saturated carbocycles. The molecule has 0 aliphatic rings. The van der Waals surface area contributed by atoms with Crippen LogP contribution in [0.15, 0.2) is 60.7 Å². The molecular formula is C18H14F2N2O. The number of anilines is 2. The number of nitrogens with one attached hydrogen (secondary N) is 2. The predicted molar refractivity (Wildman–Crippen MR) is 87.4 cm³/mol. The number of carbonyl (C=O) groups excluding carboxylic acids is 1. The highest BCUT2D eigenvalue weighted by atomic mass is 19.2. The second-order valence-electron chi connectivity index (χ2n) is 5.06. The van der Waals surface area contributed by atoms with Crippen molar-refractivity contribution in [3.8, 4) is 0 Å². The summed E-state index contributed by atoms with van der Waals surface area (Å²) in [5.74, 6) is -2.29. The van der Waals surface area contributed by atoms with Crippen molar-refractivity contribution in [2.75, 3.05) is 17.2 Å². The molecule has 5 heteroatoms. The Bertz CT molecular complexity index is 859. The second kappa shape index (κ2) is 6.44. The standard InChI is InChI=1S/C18H14F2N2O/c19-15-9-8-13(10-16(15)20)22-18(23)11-21-17-7-3-5-12-4-1-2-6-14(12)17/h1-10,21H,11H2,(H,22,23). The number of hydrogen-bond acceptors (Lipinski definition) is 2. The molecular weight excluding hydrogens is 298 g/mol. The van der Waals surface area contributed by atoms with Crippen molar-refractivity contribution >= 4 is 28.1 Å². The SMILES string of the molecule is O=C(CNc1cccc2ccccc12)Nc1ccc(F)c(F)c1. The van der Waals surface area contributed by atoms with Gasteiger partial charge in [0.15, 0.2) is 11.6 Å². The lowest BCUT2D eigenvalue weighted by Gasteiger charge is -2.10. The van der Waals surface area contributed by atoms with Crippen LogP contribution in [-0.2, 0) is 4.79 Å². The largest absolute Gasteiger partial charge is 0.376 e. The predicted octanol–water partition coefficient (Wildman–Crippen LogP) is 4.17. The third-order valence-corrected chi connectivity index (χ3v) is 3.43. The molecule has 0 radical (unpaired) electrons. The van der Waals surface area contributed by atoms with Crippen molar-refractivity contribution in [2.24, 2.45) is 0 Å². The van der Waals surface area contributed by atoms with Gasteiger partial charge in [-0.25, -0.2) is 8.78 Å². The molecule has 0 aliphatic heterocycles. The Hall–Kier alpha value is -2.95. The zero-order valence-corrected chi connectivity index (χ0v) is 12.1. The average Bonchev–Trinajstić information content (AvgIpc) is 2.56. The Labute approximate surface area is 131 Å². The van der Waals surface area contributed by atoms with E-state index in [0.717, 1.165) is 28.6 Å². The van der Waals surface area contributed by atoms with Crippen LogP contribution in [0.4, 0.5) is 20.2 Å². The Balaban J connectivity index is 1.67. The highest BCUT2D eigenvalue weighted by Crippen LogP contribution is 2.22. The van der Waals surface area contributed by atoms with Crippen LogP contribution >= 0.6 is 0 Å². The summed E-state index contributed by atoms with van der Waals surface area (Å²) in [4.78, 5) is 11.9. The summed E-state index contributed by atoms with van der Waals surface area (Å²) in [5.41, 5.74) is 1.05. The number of hydrogen-bond donors (Lipinski definition) is 2. The lowest BCUT2D eigenvalue weighted by molar-refractivity contribution is -0.114. The van der Waals surface area contributed by atoms with E-state index in [4.69, 9.17) is 0 Å². The van der Waals surface area contributed by atoms with Crippen LogP contribution in [0.5, 0.6) is 0 Å². The molecule has 0 bridgehead atoms. The summed E-state index contributed by atoms with van der Waals surface area (Å²) in [6, 6.07) is 16.8. The average molecular weight is 312 g/mol. The molecule has 3 rings (SSSR count). The van der Waals surface area contributed by atoms with Gasteiger partial charge in [-0.15, -0.1) is 0 Å². The maximum atomic E-state index is 13.1. The van der Waals surface area contributed by atoms with Crippen LogP contribution in [0.1, 0.15) is 0 Å². The van der Waals surface area contributed by atoms with Crippen LogP contribution in [0.3, 0.4) is 0 Å². The summed E-state index contributed by atoms with van der Waals surface area (Å²) < 4.78 is 26.0. The van der Waals surface area contributed by atoms with E-state index >= 15 is 0 Å². The molecule has 0 atom stereocenters. The molecule has 0 spiro atoms. The van der Waals surface area contributed by atoms with Crippen LogP contribution < -0.4 is 10.6 Å². The first kappa shape index (κ1) is 15.0. The molecule has 0 aromatic heterocycles. The monoisotopic (exact) mass is 312 g/mol. The summed E-state index contributed by atoms with van der Waals surface area (Å²) in [5, 5.41) is 7.65. The minimum absolute atomic E-state index is 0.0208. The van der Waals surface area contributed by atoms with Gasteiger partial charge < -0.3 is 10.6 Å². The molecule has 3 aromatic rings. The number of carbonyl (C=O) groups is 1. The third-order valence-electron chi connectivity index (χ3n) is 3.43.